The average Bonchev–Trinajstić information content (AvgIpc) is 3.06. The van der Waals surface area contributed by atoms with Crippen LogP contribution in [0.15, 0.2) is 66.9 Å². The summed E-state index contributed by atoms with van der Waals surface area (Å²) in [7, 11) is 1.59. The van der Waals surface area contributed by atoms with Gasteiger partial charge in [0.15, 0.2) is 6.17 Å². The van der Waals surface area contributed by atoms with Gasteiger partial charge in [-0.15, -0.1) is 0 Å². The summed E-state index contributed by atoms with van der Waals surface area (Å²) >= 11 is 0. The van der Waals surface area contributed by atoms with E-state index in [4.69, 9.17) is 9.47 Å². The zero-order chi connectivity index (χ0) is 21.1. The number of amides is 1. The number of rotatable bonds is 6. The number of esters is 1. The third-order valence-electron chi connectivity index (χ3n) is 4.87. The van der Waals surface area contributed by atoms with Crippen molar-refractivity contribution in [2.75, 3.05) is 23.9 Å². The van der Waals surface area contributed by atoms with Crippen LogP contribution in [0.1, 0.15) is 39.5 Å². The lowest BCUT2D eigenvalue weighted by Crippen LogP contribution is -2.32. The van der Waals surface area contributed by atoms with E-state index in [1.165, 1.54) is 0 Å². The smallest absolute Gasteiger partial charge is 0.340 e. The highest BCUT2D eigenvalue weighted by Gasteiger charge is 2.39. The van der Waals surface area contributed by atoms with Gasteiger partial charge in [-0.3, -0.25) is 14.7 Å². The van der Waals surface area contributed by atoms with E-state index in [1.807, 2.05) is 18.2 Å². The average molecular weight is 403 g/mol. The van der Waals surface area contributed by atoms with Crippen molar-refractivity contribution >= 4 is 23.3 Å². The maximum atomic E-state index is 13.2. The van der Waals surface area contributed by atoms with Crippen molar-refractivity contribution in [2.24, 2.45) is 0 Å². The fraction of sp³-hybridized carbons (Fsp3) is 0.174. The number of pyridine rings is 1. The molecule has 7 nitrogen and oxygen atoms in total. The Hall–Kier alpha value is -3.87. The summed E-state index contributed by atoms with van der Waals surface area (Å²) in [5.74, 6) is 0.0924. The van der Waals surface area contributed by atoms with Crippen LogP contribution in [-0.2, 0) is 4.74 Å². The molecule has 30 heavy (non-hydrogen) atoms. The van der Waals surface area contributed by atoms with E-state index in [0.29, 0.717) is 33.9 Å². The zero-order valence-corrected chi connectivity index (χ0v) is 16.7. The van der Waals surface area contributed by atoms with E-state index in [9.17, 15) is 9.59 Å². The van der Waals surface area contributed by atoms with Gasteiger partial charge in [-0.2, -0.15) is 0 Å². The second kappa shape index (κ2) is 8.24. The van der Waals surface area contributed by atoms with E-state index in [2.05, 4.69) is 10.3 Å². The third-order valence-corrected chi connectivity index (χ3v) is 4.87. The molecule has 1 amide bonds. The molecule has 1 aliphatic rings. The summed E-state index contributed by atoms with van der Waals surface area (Å²) in [4.78, 5) is 31.7. The lowest BCUT2D eigenvalue weighted by Gasteiger charge is -2.27. The number of nitrogens with one attached hydrogen (secondary N) is 1. The lowest BCUT2D eigenvalue weighted by atomic mass is 10.1. The van der Waals surface area contributed by atoms with Gasteiger partial charge in [-0.25, -0.2) is 4.79 Å². The maximum absolute atomic E-state index is 13.2. The highest BCUT2D eigenvalue weighted by atomic mass is 16.5. The summed E-state index contributed by atoms with van der Waals surface area (Å²) in [6.45, 7) is 2.03. The molecule has 4 rings (SSSR count). The molecular formula is C23H21N3O4. The monoisotopic (exact) mass is 403 g/mol. The second-order valence-electron chi connectivity index (χ2n) is 6.62. The molecule has 152 valence electrons. The Morgan fingerprint density at radius 1 is 1.10 bits per heavy atom. The summed E-state index contributed by atoms with van der Waals surface area (Å²) in [6.07, 6.45) is 1.06. The fourth-order valence-electron chi connectivity index (χ4n) is 3.47. The molecule has 0 spiro atoms. The number of hydrogen-bond donors (Lipinski definition) is 1. The van der Waals surface area contributed by atoms with Crippen LogP contribution in [0.5, 0.6) is 5.75 Å². The molecule has 2 heterocycles. The number of hydrogen-bond acceptors (Lipinski definition) is 6. The van der Waals surface area contributed by atoms with Gasteiger partial charge in [-0.05, 0) is 55.5 Å². The van der Waals surface area contributed by atoms with Crippen LogP contribution in [0.3, 0.4) is 0 Å². The third kappa shape index (κ3) is 3.45. The summed E-state index contributed by atoms with van der Waals surface area (Å²) in [5, 5.41) is 3.32. The molecule has 0 fully saturated rings. The predicted octanol–water partition coefficient (Wildman–Crippen LogP) is 4.04. The number of nitrogens with zero attached hydrogens (tertiary/aromatic N) is 2. The summed E-state index contributed by atoms with van der Waals surface area (Å²) < 4.78 is 10.4. The molecular weight excluding hydrogens is 382 g/mol. The minimum Gasteiger partial charge on any atom is -0.497 e. The van der Waals surface area contributed by atoms with Crippen molar-refractivity contribution < 1.29 is 19.1 Å². The fourth-order valence-corrected chi connectivity index (χ4v) is 3.47. The Kier molecular flexibility index (Phi) is 5.34. The van der Waals surface area contributed by atoms with E-state index >= 15 is 0 Å². The number of fused-ring (bicyclic) bond motifs is 1. The van der Waals surface area contributed by atoms with Gasteiger partial charge >= 0.3 is 5.97 Å². The standard InChI is InChI=1S/C23H21N3O4/c1-3-30-23(28)17-7-4-5-9-19(17)25-21-20-18(8-6-14-24-20)22(27)26(21)15-10-12-16(29-2)13-11-15/h4-14,21,25H,3H2,1-2H3/t21-/m1/s1. The minimum absolute atomic E-state index is 0.172. The molecule has 3 aromatic rings. The van der Waals surface area contributed by atoms with Crippen LogP contribution in [-0.4, -0.2) is 30.6 Å². The number of ether oxygens (including phenoxy) is 2. The predicted molar refractivity (Wildman–Crippen MR) is 113 cm³/mol. The van der Waals surface area contributed by atoms with Crippen LogP contribution in [0.25, 0.3) is 0 Å². The number of methoxy groups -OCH3 is 1. The van der Waals surface area contributed by atoms with Crippen molar-refractivity contribution in [1.29, 1.82) is 0 Å². The van der Waals surface area contributed by atoms with Gasteiger partial charge in [0.1, 0.15) is 5.75 Å². The largest absolute Gasteiger partial charge is 0.497 e. The van der Waals surface area contributed by atoms with E-state index in [-0.39, 0.29) is 12.5 Å². The highest BCUT2D eigenvalue weighted by molar-refractivity contribution is 6.11. The molecule has 0 unspecified atom stereocenters. The van der Waals surface area contributed by atoms with Gasteiger partial charge in [0.2, 0.25) is 0 Å². The van der Waals surface area contributed by atoms with E-state index in [0.717, 1.165) is 0 Å². The van der Waals surface area contributed by atoms with Crippen LogP contribution < -0.4 is 15.0 Å². The van der Waals surface area contributed by atoms with E-state index < -0.39 is 12.1 Å². The Morgan fingerprint density at radius 3 is 2.60 bits per heavy atom. The van der Waals surface area contributed by atoms with Crippen LogP contribution in [0.2, 0.25) is 0 Å². The first-order chi connectivity index (χ1) is 14.6. The molecule has 7 heteroatoms. The number of anilines is 2. The summed E-state index contributed by atoms with van der Waals surface area (Å²) in [5.41, 5.74) is 2.75. The Balaban J connectivity index is 1.76. The second-order valence-corrected chi connectivity index (χ2v) is 6.62. The zero-order valence-electron chi connectivity index (χ0n) is 16.7. The van der Waals surface area contributed by atoms with Gasteiger partial charge in [-0.1, -0.05) is 12.1 Å². The molecule has 2 aromatic carbocycles. The quantitative estimate of drug-likeness (QED) is 0.626. The molecule has 1 aliphatic heterocycles. The first kappa shape index (κ1) is 19.4. The normalized spacial score (nSPS) is 14.9. The van der Waals surface area contributed by atoms with Gasteiger partial charge in [0.05, 0.1) is 36.2 Å². The molecule has 0 bridgehead atoms. The van der Waals surface area contributed by atoms with Crippen molar-refractivity contribution in [3.63, 3.8) is 0 Å². The number of benzene rings is 2. The number of carbonyl (C=O) groups excluding carboxylic acids is 2. The molecule has 1 aromatic heterocycles. The summed E-state index contributed by atoms with van der Waals surface area (Å²) in [6, 6.07) is 17.8. The Morgan fingerprint density at radius 2 is 1.87 bits per heavy atom. The molecule has 1 N–H and O–H groups in total. The Bertz CT molecular complexity index is 1080. The van der Waals surface area contributed by atoms with Crippen molar-refractivity contribution in [1.82, 2.24) is 4.98 Å². The number of aromatic nitrogens is 1. The number of carbonyl (C=O) groups is 2. The molecule has 0 saturated heterocycles. The first-order valence-corrected chi connectivity index (χ1v) is 9.59. The minimum atomic E-state index is -0.585. The topological polar surface area (TPSA) is 80.8 Å². The molecule has 0 aliphatic carbocycles. The van der Waals surface area contributed by atoms with Crippen LogP contribution in [0.4, 0.5) is 11.4 Å². The van der Waals surface area contributed by atoms with Crippen LogP contribution in [0, 0.1) is 0 Å². The van der Waals surface area contributed by atoms with Gasteiger partial charge < -0.3 is 14.8 Å². The van der Waals surface area contributed by atoms with E-state index in [1.54, 1.807) is 67.6 Å². The molecule has 0 radical (unpaired) electrons. The van der Waals surface area contributed by atoms with Gasteiger partial charge in [0.25, 0.3) is 5.91 Å². The van der Waals surface area contributed by atoms with Gasteiger partial charge in [0, 0.05) is 11.9 Å². The maximum Gasteiger partial charge on any atom is 0.340 e. The lowest BCUT2D eigenvalue weighted by molar-refractivity contribution is 0.0527. The first-order valence-electron chi connectivity index (χ1n) is 9.59. The van der Waals surface area contributed by atoms with Crippen molar-refractivity contribution in [3.05, 3.63) is 83.7 Å². The Labute approximate surface area is 174 Å². The number of para-hydroxylation sites is 1. The SMILES string of the molecule is CCOC(=O)c1ccccc1N[C@H]1c2ncccc2C(=O)N1c1ccc(OC)cc1. The van der Waals surface area contributed by atoms with Crippen molar-refractivity contribution in [3.8, 4) is 5.75 Å². The van der Waals surface area contributed by atoms with Crippen LogP contribution >= 0.6 is 0 Å². The highest BCUT2D eigenvalue weighted by Crippen LogP contribution is 2.38. The molecule has 1 atom stereocenters. The molecule has 0 saturated carbocycles. The van der Waals surface area contributed by atoms with Crippen molar-refractivity contribution in [2.45, 2.75) is 13.1 Å².